The number of piperidine rings is 1. The van der Waals surface area contributed by atoms with E-state index in [2.05, 4.69) is 21.0 Å². The largest absolute Gasteiger partial charge is 0.354 e. The molecule has 0 bridgehead atoms. The molecule has 1 unspecified atom stereocenters. The van der Waals surface area contributed by atoms with Crippen LogP contribution in [0.5, 0.6) is 0 Å². The molecule has 1 aliphatic rings. The van der Waals surface area contributed by atoms with Crippen LogP contribution in [0.25, 0.3) is 0 Å². The molecule has 96 valence electrons. The van der Waals surface area contributed by atoms with Crippen molar-refractivity contribution in [3.63, 3.8) is 0 Å². The number of hydrogen-bond donors (Lipinski definition) is 4. The smallest absolute Gasteiger partial charge is 0.270 e. The van der Waals surface area contributed by atoms with Crippen molar-refractivity contribution in [2.24, 2.45) is 5.84 Å². The van der Waals surface area contributed by atoms with E-state index in [-0.39, 0.29) is 17.9 Å². The zero-order chi connectivity index (χ0) is 13.0. The molecule has 1 saturated heterocycles. The van der Waals surface area contributed by atoms with Gasteiger partial charge in [-0.3, -0.25) is 9.59 Å². The van der Waals surface area contributed by atoms with E-state index in [0.29, 0.717) is 30.9 Å². The molecule has 2 heterocycles. The topological polar surface area (TPSA) is 109 Å². The summed E-state index contributed by atoms with van der Waals surface area (Å²) in [5.74, 6) is 5.41. The first-order valence-corrected chi connectivity index (χ1v) is 5.70. The Morgan fingerprint density at radius 2 is 2.33 bits per heavy atom. The number of nitrogens with zero attached hydrogens (tertiary/aromatic N) is 1. The molecule has 1 aliphatic heterocycles. The normalized spacial score (nSPS) is 18.9. The number of carbonyl (C=O) groups excluding carboxylic acids is 2. The second-order valence-corrected chi connectivity index (χ2v) is 4.07. The highest BCUT2D eigenvalue weighted by Crippen LogP contribution is 2.06. The minimum absolute atomic E-state index is 0.0213. The number of rotatable bonds is 3. The Balaban J connectivity index is 1.96. The monoisotopic (exact) mass is 249 g/mol. The third kappa shape index (κ3) is 2.95. The van der Waals surface area contributed by atoms with E-state index in [1.165, 1.54) is 0 Å². The lowest BCUT2D eigenvalue weighted by Crippen LogP contribution is -2.47. The van der Waals surface area contributed by atoms with Gasteiger partial charge in [0.15, 0.2) is 0 Å². The van der Waals surface area contributed by atoms with Crippen LogP contribution < -0.4 is 21.9 Å². The molecule has 0 saturated carbocycles. The first-order valence-electron chi connectivity index (χ1n) is 5.70. The Kier molecular flexibility index (Phi) is 3.73. The van der Waals surface area contributed by atoms with Crippen molar-refractivity contribution in [3.8, 4) is 0 Å². The molecule has 2 amide bonds. The van der Waals surface area contributed by atoms with Crippen LogP contribution in [0.15, 0.2) is 18.2 Å². The van der Waals surface area contributed by atoms with Gasteiger partial charge in [0.1, 0.15) is 11.5 Å². The van der Waals surface area contributed by atoms with Gasteiger partial charge in [-0.05, 0) is 18.6 Å². The summed E-state index contributed by atoms with van der Waals surface area (Å²) >= 11 is 0. The molecule has 0 radical (unpaired) electrons. The van der Waals surface area contributed by atoms with E-state index in [0.717, 1.165) is 0 Å². The fourth-order valence-electron chi connectivity index (χ4n) is 1.76. The Hall–Kier alpha value is -2.15. The third-order valence-electron chi connectivity index (χ3n) is 2.73. The molecule has 0 aromatic carbocycles. The van der Waals surface area contributed by atoms with Gasteiger partial charge in [0, 0.05) is 19.0 Å². The first kappa shape index (κ1) is 12.3. The quantitative estimate of drug-likeness (QED) is 0.421. The van der Waals surface area contributed by atoms with Crippen LogP contribution in [-0.4, -0.2) is 29.4 Å². The summed E-state index contributed by atoms with van der Waals surface area (Å²) in [5, 5.41) is 5.53. The molecule has 7 heteroatoms. The molecule has 1 fully saturated rings. The van der Waals surface area contributed by atoms with Crippen molar-refractivity contribution in [2.45, 2.75) is 18.9 Å². The average Bonchev–Trinajstić information content (AvgIpc) is 2.41. The molecule has 0 spiro atoms. The van der Waals surface area contributed by atoms with Crippen molar-refractivity contribution in [1.82, 2.24) is 15.6 Å². The summed E-state index contributed by atoms with van der Waals surface area (Å²) in [4.78, 5) is 26.9. The van der Waals surface area contributed by atoms with Crippen LogP contribution in [0.2, 0.25) is 0 Å². The molecule has 18 heavy (non-hydrogen) atoms. The van der Waals surface area contributed by atoms with E-state index < -0.39 is 0 Å². The predicted octanol–water partition coefficient (Wildman–Crippen LogP) is -0.624. The van der Waals surface area contributed by atoms with Crippen LogP contribution >= 0.6 is 0 Å². The van der Waals surface area contributed by atoms with Crippen LogP contribution in [0, 0.1) is 0 Å². The third-order valence-corrected chi connectivity index (χ3v) is 2.73. The van der Waals surface area contributed by atoms with Gasteiger partial charge >= 0.3 is 0 Å². The number of nitrogens with two attached hydrogens (primary N) is 1. The van der Waals surface area contributed by atoms with E-state index in [1.54, 1.807) is 18.2 Å². The highest BCUT2D eigenvalue weighted by atomic mass is 16.2. The first-order chi connectivity index (χ1) is 8.69. The van der Waals surface area contributed by atoms with Gasteiger partial charge in [-0.2, -0.15) is 0 Å². The number of nitrogens with one attached hydrogen (secondary N) is 3. The van der Waals surface area contributed by atoms with E-state index in [4.69, 9.17) is 5.84 Å². The maximum Gasteiger partial charge on any atom is 0.270 e. The van der Waals surface area contributed by atoms with Crippen molar-refractivity contribution >= 4 is 17.6 Å². The number of amides is 2. The fraction of sp³-hybridized carbons (Fsp3) is 0.364. The Labute approximate surface area is 104 Å². The molecular weight excluding hydrogens is 234 g/mol. The van der Waals surface area contributed by atoms with Crippen LogP contribution in [0.1, 0.15) is 23.3 Å². The van der Waals surface area contributed by atoms with E-state index in [1.807, 2.05) is 0 Å². The summed E-state index contributed by atoms with van der Waals surface area (Å²) in [6, 6.07) is 4.92. The average molecular weight is 249 g/mol. The van der Waals surface area contributed by atoms with Gasteiger partial charge in [-0.15, -0.1) is 0 Å². The summed E-state index contributed by atoms with van der Waals surface area (Å²) < 4.78 is 0. The highest BCUT2D eigenvalue weighted by molar-refractivity contribution is 5.93. The number of pyridine rings is 1. The molecule has 7 nitrogen and oxygen atoms in total. The SMILES string of the molecule is NNc1cccc(C(=O)NC2CCC(=O)NC2)n1. The molecule has 1 atom stereocenters. The van der Waals surface area contributed by atoms with Crippen LogP contribution in [0.4, 0.5) is 5.82 Å². The summed E-state index contributed by atoms with van der Waals surface area (Å²) in [7, 11) is 0. The van der Waals surface area contributed by atoms with Gasteiger partial charge in [0.25, 0.3) is 5.91 Å². The van der Waals surface area contributed by atoms with Gasteiger partial charge in [-0.25, -0.2) is 10.8 Å². The molecule has 0 aliphatic carbocycles. The molecule has 5 N–H and O–H groups in total. The standard InChI is InChI=1S/C11H15N5O2/c12-16-9-3-1-2-8(15-9)11(18)14-7-4-5-10(17)13-6-7/h1-3,7H,4-6,12H2,(H,13,17)(H,14,18)(H,15,16). The van der Waals surface area contributed by atoms with Gasteiger partial charge < -0.3 is 16.1 Å². The number of aromatic nitrogens is 1. The number of hydrazine groups is 1. The maximum atomic E-state index is 11.9. The number of carbonyl (C=O) groups is 2. The fourth-order valence-corrected chi connectivity index (χ4v) is 1.76. The van der Waals surface area contributed by atoms with Gasteiger partial charge in [-0.1, -0.05) is 6.07 Å². The highest BCUT2D eigenvalue weighted by Gasteiger charge is 2.20. The second kappa shape index (κ2) is 5.46. The van der Waals surface area contributed by atoms with Crippen molar-refractivity contribution in [1.29, 1.82) is 0 Å². The lowest BCUT2D eigenvalue weighted by molar-refractivity contribution is -0.122. The van der Waals surface area contributed by atoms with Crippen LogP contribution in [-0.2, 0) is 4.79 Å². The Morgan fingerprint density at radius 1 is 1.50 bits per heavy atom. The van der Waals surface area contributed by atoms with Gasteiger partial charge in [0.2, 0.25) is 5.91 Å². The summed E-state index contributed by atoms with van der Waals surface area (Å²) in [5.41, 5.74) is 2.68. The number of nitrogen functional groups attached to an aromatic ring is 1. The molecule has 1 aromatic rings. The summed E-state index contributed by atoms with van der Waals surface area (Å²) in [6.45, 7) is 0.458. The number of anilines is 1. The zero-order valence-corrected chi connectivity index (χ0v) is 9.77. The molecular formula is C11H15N5O2. The number of hydrogen-bond acceptors (Lipinski definition) is 5. The Bertz CT molecular complexity index is 453. The van der Waals surface area contributed by atoms with Crippen LogP contribution in [0.3, 0.4) is 0 Å². The minimum Gasteiger partial charge on any atom is -0.354 e. The molecule has 2 rings (SSSR count). The van der Waals surface area contributed by atoms with Crippen molar-refractivity contribution < 1.29 is 9.59 Å². The predicted molar refractivity (Wildman–Crippen MR) is 65.5 cm³/mol. The van der Waals surface area contributed by atoms with Gasteiger partial charge in [0.05, 0.1) is 0 Å². The molecule has 1 aromatic heterocycles. The van der Waals surface area contributed by atoms with Crippen molar-refractivity contribution in [2.75, 3.05) is 12.0 Å². The maximum absolute atomic E-state index is 11.9. The minimum atomic E-state index is -0.270. The van der Waals surface area contributed by atoms with E-state index >= 15 is 0 Å². The zero-order valence-electron chi connectivity index (χ0n) is 9.77. The lowest BCUT2D eigenvalue weighted by Gasteiger charge is -2.23. The van der Waals surface area contributed by atoms with E-state index in [9.17, 15) is 9.59 Å². The second-order valence-electron chi connectivity index (χ2n) is 4.07. The summed E-state index contributed by atoms with van der Waals surface area (Å²) in [6.07, 6.45) is 1.08. The Morgan fingerprint density at radius 3 is 3.00 bits per heavy atom. The van der Waals surface area contributed by atoms with Crippen molar-refractivity contribution in [3.05, 3.63) is 23.9 Å². The lowest BCUT2D eigenvalue weighted by atomic mass is 10.1.